The van der Waals surface area contributed by atoms with Gasteiger partial charge in [0.1, 0.15) is 0 Å². The Labute approximate surface area is 172 Å². The summed E-state index contributed by atoms with van der Waals surface area (Å²) in [6.45, 7) is 26.3. The smallest absolute Gasteiger partial charge is 0.00952 e. The Kier molecular flexibility index (Phi) is 12.6. The maximum atomic E-state index is 3.99. The molecule has 0 bridgehead atoms. The predicted molar refractivity (Wildman–Crippen MR) is 128 cm³/mol. The van der Waals surface area contributed by atoms with E-state index in [4.69, 9.17) is 0 Å². The van der Waals surface area contributed by atoms with Crippen molar-refractivity contribution in [2.24, 2.45) is 16.7 Å². The zero-order valence-corrected chi connectivity index (χ0v) is 19.3. The van der Waals surface area contributed by atoms with Crippen LogP contribution in [-0.2, 0) is 0 Å². The van der Waals surface area contributed by atoms with E-state index in [-0.39, 0.29) is 18.3 Å². The summed E-state index contributed by atoms with van der Waals surface area (Å²) in [6, 6.07) is 0. The molecule has 156 valence electrons. The fourth-order valence-corrected chi connectivity index (χ4v) is 4.51. The van der Waals surface area contributed by atoms with Crippen LogP contribution >= 0.6 is 0 Å². The minimum absolute atomic E-state index is 0. The topological polar surface area (TPSA) is 0 Å². The second-order valence-corrected chi connectivity index (χ2v) is 8.44. The molecule has 0 nitrogen and oxygen atoms in total. The van der Waals surface area contributed by atoms with Crippen molar-refractivity contribution in [3.63, 3.8) is 0 Å². The second-order valence-electron chi connectivity index (χ2n) is 8.44. The average Bonchev–Trinajstić information content (AvgIpc) is 2.82. The summed E-state index contributed by atoms with van der Waals surface area (Å²) in [4.78, 5) is 0. The third-order valence-electron chi connectivity index (χ3n) is 5.51. The number of hydrogen-bond acceptors (Lipinski definition) is 0. The van der Waals surface area contributed by atoms with Gasteiger partial charge in [0.2, 0.25) is 0 Å². The minimum Gasteiger partial charge on any atom is -0.0988 e. The fraction of sp³-hybridized carbons (Fsp3) is 0.630. The summed E-state index contributed by atoms with van der Waals surface area (Å²) in [5, 5.41) is 0. The van der Waals surface area contributed by atoms with Gasteiger partial charge in [-0.15, -0.1) is 0 Å². The van der Waals surface area contributed by atoms with Crippen LogP contribution in [0.1, 0.15) is 95.9 Å². The number of hydrogen-bond donors (Lipinski definition) is 0. The first-order valence-corrected chi connectivity index (χ1v) is 10.5. The van der Waals surface area contributed by atoms with Gasteiger partial charge in [0.25, 0.3) is 0 Å². The van der Waals surface area contributed by atoms with Crippen molar-refractivity contribution in [2.45, 2.75) is 95.9 Å². The molecule has 0 radical (unpaired) electrons. The Morgan fingerprint density at radius 1 is 1.22 bits per heavy atom. The van der Waals surface area contributed by atoms with Crippen LogP contribution < -0.4 is 0 Å². The van der Waals surface area contributed by atoms with Gasteiger partial charge in [0.15, 0.2) is 0 Å². The molecular formula is C27H48. The first-order chi connectivity index (χ1) is 12.1. The first kappa shape index (κ1) is 27.9. The monoisotopic (exact) mass is 372 g/mol. The summed E-state index contributed by atoms with van der Waals surface area (Å²) in [7, 11) is 0. The van der Waals surface area contributed by atoms with Gasteiger partial charge in [-0.3, -0.25) is 0 Å². The Balaban J connectivity index is 0. The van der Waals surface area contributed by atoms with Gasteiger partial charge in [-0.25, -0.2) is 0 Å². The van der Waals surface area contributed by atoms with E-state index in [1.807, 2.05) is 19.9 Å². The van der Waals surface area contributed by atoms with Gasteiger partial charge in [0.05, 0.1) is 0 Å². The van der Waals surface area contributed by atoms with E-state index in [0.29, 0.717) is 5.92 Å². The molecular weight excluding hydrogens is 324 g/mol. The normalized spacial score (nSPS) is 23.0. The van der Waals surface area contributed by atoms with Gasteiger partial charge in [-0.2, -0.15) is 0 Å². The minimum atomic E-state index is 0. The van der Waals surface area contributed by atoms with E-state index < -0.39 is 0 Å². The zero-order chi connectivity index (χ0) is 20.5. The highest BCUT2D eigenvalue weighted by molar-refractivity contribution is 5.44. The van der Waals surface area contributed by atoms with Crippen LogP contribution in [0.15, 0.2) is 59.3 Å². The van der Waals surface area contributed by atoms with Gasteiger partial charge in [-0.1, -0.05) is 92.9 Å². The molecule has 0 aromatic rings. The molecule has 0 aromatic heterocycles. The van der Waals surface area contributed by atoms with Crippen molar-refractivity contribution in [3.05, 3.63) is 59.3 Å². The molecule has 0 saturated heterocycles. The lowest BCUT2D eigenvalue weighted by atomic mass is 9.73. The van der Waals surface area contributed by atoms with Gasteiger partial charge < -0.3 is 0 Å². The summed E-state index contributed by atoms with van der Waals surface area (Å²) in [5.74, 6) is 0.635. The first-order valence-electron chi connectivity index (χ1n) is 10.5. The van der Waals surface area contributed by atoms with Crippen LogP contribution in [0, 0.1) is 16.7 Å². The molecule has 1 atom stereocenters. The molecule has 27 heavy (non-hydrogen) atoms. The molecule has 0 heteroatoms. The van der Waals surface area contributed by atoms with Crippen LogP contribution in [0.5, 0.6) is 0 Å². The third kappa shape index (κ3) is 6.98. The maximum absolute atomic E-state index is 3.99. The van der Waals surface area contributed by atoms with E-state index in [1.54, 1.807) is 11.1 Å². The second kappa shape index (κ2) is 12.2. The van der Waals surface area contributed by atoms with Crippen molar-refractivity contribution in [1.82, 2.24) is 0 Å². The Hall–Kier alpha value is -1.30. The predicted octanol–water partition coefficient (Wildman–Crippen LogP) is 9.47. The standard InChI is InChI=1S/C24H38.C2H6.CH4/c1-10-14-21(18(5)12-3)23(6,7)16-19-17-24(8,9)22(15-11-2)20(19)13-4;1-2;/h10,12-15,19H,3,11,16-17H2,1-2,4-9H3;1-2H3;1H4/b14-10-,20-13-,21-18+,22-15+;;. The van der Waals surface area contributed by atoms with Crippen molar-refractivity contribution in [1.29, 1.82) is 0 Å². The van der Waals surface area contributed by atoms with Crippen molar-refractivity contribution in [2.75, 3.05) is 0 Å². The van der Waals surface area contributed by atoms with Gasteiger partial charge in [-0.05, 0) is 79.1 Å². The molecule has 1 unspecified atom stereocenters. The Morgan fingerprint density at radius 3 is 2.19 bits per heavy atom. The van der Waals surface area contributed by atoms with Crippen LogP contribution in [0.25, 0.3) is 0 Å². The number of allylic oxidation sites excluding steroid dienone is 9. The molecule has 1 fully saturated rings. The van der Waals surface area contributed by atoms with Crippen LogP contribution in [0.4, 0.5) is 0 Å². The lowest BCUT2D eigenvalue weighted by Crippen LogP contribution is -2.20. The fourth-order valence-electron chi connectivity index (χ4n) is 4.51. The van der Waals surface area contributed by atoms with Gasteiger partial charge >= 0.3 is 0 Å². The lowest BCUT2D eigenvalue weighted by molar-refractivity contribution is 0.312. The Bertz CT molecular complexity index is 573. The SMILES string of the molecule is C.C=C/C(C)=C(\C=C/C)C(C)(C)CC1CC(C)(C)C(=C/CC)/C1=C\C.CC. The molecule has 1 saturated carbocycles. The average molecular weight is 373 g/mol. The van der Waals surface area contributed by atoms with Gasteiger partial charge in [0, 0.05) is 0 Å². The molecule has 0 N–H and O–H groups in total. The van der Waals surface area contributed by atoms with E-state index in [0.717, 1.165) is 6.42 Å². The summed E-state index contributed by atoms with van der Waals surface area (Å²) in [6.07, 6.45) is 14.8. The van der Waals surface area contributed by atoms with E-state index in [2.05, 4.69) is 86.3 Å². The maximum Gasteiger partial charge on any atom is -0.00952 e. The highest BCUT2D eigenvalue weighted by Gasteiger charge is 2.41. The quantitative estimate of drug-likeness (QED) is 0.407. The van der Waals surface area contributed by atoms with E-state index >= 15 is 0 Å². The molecule has 0 amide bonds. The summed E-state index contributed by atoms with van der Waals surface area (Å²) < 4.78 is 0. The molecule has 1 rings (SSSR count). The zero-order valence-electron chi connectivity index (χ0n) is 19.3. The van der Waals surface area contributed by atoms with Crippen LogP contribution in [0.3, 0.4) is 0 Å². The molecule has 1 aliphatic rings. The molecule has 0 spiro atoms. The van der Waals surface area contributed by atoms with Crippen molar-refractivity contribution < 1.29 is 0 Å². The van der Waals surface area contributed by atoms with Crippen LogP contribution in [0.2, 0.25) is 0 Å². The lowest BCUT2D eigenvalue weighted by Gasteiger charge is -2.31. The van der Waals surface area contributed by atoms with E-state index in [1.165, 1.54) is 24.0 Å². The summed E-state index contributed by atoms with van der Waals surface area (Å²) >= 11 is 0. The molecule has 0 aliphatic heterocycles. The highest BCUT2D eigenvalue weighted by atomic mass is 14.5. The van der Waals surface area contributed by atoms with Crippen molar-refractivity contribution >= 4 is 0 Å². The third-order valence-corrected chi connectivity index (χ3v) is 5.51. The van der Waals surface area contributed by atoms with Crippen molar-refractivity contribution in [3.8, 4) is 0 Å². The molecule has 0 aromatic carbocycles. The van der Waals surface area contributed by atoms with E-state index in [9.17, 15) is 0 Å². The molecule has 0 heterocycles. The largest absolute Gasteiger partial charge is 0.0988 e. The van der Waals surface area contributed by atoms with Crippen LogP contribution in [-0.4, -0.2) is 0 Å². The number of rotatable bonds is 6. The Morgan fingerprint density at radius 2 is 1.78 bits per heavy atom. The molecule has 1 aliphatic carbocycles. The highest BCUT2D eigenvalue weighted by Crippen LogP contribution is 2.53. The summed E-state index contributed by atoms with van der Waals surface area (Å²) in [5.41, 5.74) is 6.29.